The van der Waals surface area contributed by atoms with E-state index >= 15 is 0 Å². The average molecular weight is 387 g/mol. The lowest BCUT2D eigenvalue weighted by atomic mass is 10.1. The topological polar surface area (TPSA) is 42.4 Å². The Balaban J connectivity index is 1.62. The van der Waals surface area contributed by atoms with E-state index in [0.717, 1.165) is 29.3 Å². The summed E-state index contributed by atoms with van der Waals surface area (Å²) < 4.78 is 5.97. The van der Waals surface area contributed by atoms with Gasteiger partial charge in [0.25, 0.3) is 0 Å². The third-order valence-corrected chi connectivity index (χ3v) is 6.32. The Labute approximate surface area is 166 Å². The van der Waals surface area contributed by atoms with Crippen LogP contribution in [0.5, 0.6) is 5.75 Å². The molecule has 0 saturated heterocycles. The molecule has 4 nitrogen and oxygen atoms in total. The highest BCUT2D eigenvalue weighted by atomic mass is 32.1. The monoisotopic (exact) mass is 386 g/mol. The summed E-state index contributed by atoms with van der Waals surface area (Å²) in [6, 6.07) is 6.29. The van der Waals surface area contributed by atoms with Crippen molar-refractivity contribution < 1.29 is 9.53 Å². The van der Waals surface area contributed by atoms with E-state index in [9.17, 15) is 4.79 Å². The summed E-state index contributed by atoms with van der Waals surface area (Å²) >= 11 is 1.60. The lowest BCUT2D eigenvalue weighted by molar-refractivity contribution is -0.137. The van der Waals surface area contributed by atoms with Gasteiger partial charge >= 0.3 is 0 Å². The van der Waals surface area contributed by atoms with Gasteiger partial charge in [-0.05, 0) is 57.7 Å². The third-order valence-electron chi connectivity index (χ3n) is 5.45. The number of rotatable bonds is 7. The number of carbonyl (C=O) groups is 1. The van der Waals surface area contributed by atoms with Crippen LogP contribution in [-0.2, 0) is 17.9 Å². The molecule has 1 heterocycles. The molecular weight excluding hydrogens is 356 g/mol. The molecule has 1 saturated carbocycles. The van der Waals surface area contributed by atoms with Crippen molar-refractivity contribution in [3.8, 4) is 5.75 Å². The zero-order valence-electron chi connectivity index (χ0n) is 16.8. The molecule has 27 heavy (non-hydrogen) atoms. The van der Waals surface area contributed by atoms with Gasteiger partial charge in [-0.25, -0.2) is 4.98 Å². The molecule has 0 bridgehead atoms. The van der Waals surface area contributed by atoms with E-state index in [4.69, 9.17) is 9.72 Å². The SMILES string of the molecule is Cc1cccc(OCc2nc(CN(C(=O)C3CCCC3)C(C)C)cs2)c1C. The molecule has 0 atom stereocenters. The fourth-order valence-electron chi connectivity index (χ4n) is 3.60. The first-order valence-electron chi connectivity index (χ1n) is 9.88. The molecule has 0 radical (unpaired) electrons. The third kappa shape index (κ3) is 4.89. The Kier molecular flexibility index (Phi) is 6.53. The highest BCUT2D eigenvalue weighted by molar-refractivity contribution is 7.09. The minimum atomic E-state index is 0.189. The predicted molar refractivity (Wildman–Crippen MR) is 110 cm³/mol. The molecule has 3 rings (SSSR count). The zero-order valence-corrected chi connectivity index (χ0v) is 17.6. The van der Waals surface area contributed by atoms with Crippen molar-refractivity contribution in [1.82, 2.24) is 9.88 Å². The van der Waals surface area contributed by atoms with Crippen LogP contribution in [0, 0.1) is 19.8 Å². The van der Waals surface area contributed by atoms with Gasteiger partial charge in [0.2, 0.25) is 5.91 Å². The number of thiazole rings is 1. The summed E-state index contributed by atoms with van der Waals surface area (Å²) in [7, 11) is 0. The number of ether oxygens (including phenoxy) is 1. The van der Waals surface area contributed by atoms with Crippen LogP contribution in [-0.4, -0.2) is 21.8 Å². The van der Waals surface area contributed by atoms with Crippen molar-refractivity contribution in [2.75, 3.05) is 0 Å². The first-order chi connectivity index (χ1) is 13.0. The summed E-state index contributed by atoms with van der Waals surface area (Å²) in [6.45, 7) is 9.40. The zero-order chi connectivity index (χ0) is 19.4. The first kappa shape index (κ1) is 19.9. The molecule has 0 unspecified atom stereocenters. The number of hydrogen-bond acceptors (Lipinski definition) is 4. The van der Waals surface area contributed by atoms with Crippen LogP contribution in [0.4, 0.5) is 0 Å². The van der Waals surface area contributed by atoms with Crippen LogP contribution >= 0.6 is 11.3 Å². The second-order valence-corrected chi connectivity index (χ2v) is 8.70. The summed E-state index contributed by atoms with van der Waals surface area (Å²) in [4.78, 5) is 19.5. The Bertz CT molecular complexity index is 778. The maximum Gasteiger partial charge on any atom is 0.226 e. The summed E-state index contributed by atoms with van der Waals surface area (Å²) in [5.74, 6) is 1.41. The quantitative estimate of drug-likeness (QED) is 0.651. The first-order valence-corrected chi connectivity index (χ1v) is 10.8. The molecule has 2 aromatic rings. The fraction of sp³-hybridized carbons (Fsp3) is 0.545. The number of aromatic nitrogens is 1. The number of benzene rings is 1. The van der Waals surface area contributed by atoms with E-state index in [1.165, 1.54) is 24.0 Å². The highest BCUT2D eigenvalue weighted by Crippen LogP contribution is 2.28. The van der Waals surface area contributed by atoms with Crippen LogP contribution in [0.2, 0.25) is 0 Å². The van der Waals surface area contributed by atoms with Gasteiger partial charge in [0.15, 0.2) is 0 Å². The van der Waals surface area contributed by atoms with E-state index in [2.05, 4.69) is 39.1 Å². The minimum absolute atomic E-state index is 0.189. The Morgan fingerprint density at radius 3 is 2.74 bits per heavy atom. The number of carbonyl (C=O) groups excluding carboxylic acids is 1. The van der Waals surface area contributed by atoms with E-state index < -0.39 is 0 Å². The maximum atomic E-state index is 12.9. The van der Waals surface area contributed by atoms with Crippen LogP contribution in [0.3, 0.4) is 0 Å². The van der Waals surface area contributed by atoms with Crippen molar-refractivity contribution in [3.63, 3.8) is 0 Å². The van der Waals surface area contributed by atoms with Crippen LogP contribution in [0.1, 0.15) is 61.4 Å². The Morgan fingerprint density at radius 1 is 1.30 bits per heavy atom. The second kappa shape index (κ2) is 8.87. The van der Waals surface area contributed by atoms with E-state index in [1.807, 2.05) is 17.0 Å². The highest BCUT2D eigenvalue weighted by Gasteiger charge is 2.29. The molecule has 0 aliphatic heterocycles. The van der Waals surface area contributed by atoms with E-state index in [-0.39, 0.29) is 12.0 Å². The Hall–Kier alpha value is -1.88. The molecule has 1 aromatic heterocycles. The molecule has 1 aliphatic rings. The normalized spacial score (nSPS) is 14.7. The van der Waals surface area contributed by atoms with E-state index in [1.54, 1.807) is 11.3 Å². The average Bonchev–Trinajstić information content (AvgIpc) is 3.32. The van der Waals surface area contributed by atoms with Crippen molar-refractivity contribution in [3.05, 3.63) is 45.4 Å². The van der Waals surface area contributed by atoms with Crippen LogP contribution in [0.25, 0.3) is 0 Å². The molecule has 0 spiro atoms. The molecular formula is C22H30N2O2S. The molecule has 0 N–H and O–H groups in total. The van der Waals surface area contributed by atoms with Crippen molar-refractivity contribution >= 4 is 17.2 Å². The molecule has 1 fully saturated rings. The van der Waals surface area contributed by atoms with Crippen molar-refractivity contribution in [1.29, 1.82) is 0 Å². The van der Waals surface area contributed by atoms with Gasteiger partial charge in [-0.3, -0.25) is 4.79 Å². The molecule has 5 heteroatoms. The standard InChI is InChI=1S/C22H30N2O2S/c1-15(2)24(22(25)18-9-5-6-10-18)12-19-14-27-21(23-19)13-26-20-11-7-8-16(3)17(20)4/h7-8,11,14-15,18H,5-6,9-10,12-13H2,1-4H3. The molecule has 146 valence electrons. The summed E-state index contributed by atoms with van der Waals surface area (Å²) in [6.07, 6.45) is 4.43. The number of hydrogen-bond donors (Lipinski definition) is 0. The maximum absolute atomic E-state index is 12.9. The number of amides is 1. The fourth-order valence-corrected chi connectivity index (χ4v) is 4.30. The smallest absolute Gasteiger partial charge is 0.226 e. The minimum Gasteiger partial charge on any atom is -0.486 e. The van der Waals surface area contributed by atoms with Gasteiger partial charge in [-0.15, -0.1) is 11.3 Å². The van der Waals surface area contributed by atoms with Gasteiger partial charge in [-0.1, -0.05) is 25.0 Å². The van der Waals surface area contributed by atoms with Gasteiger partial charge in [0.05, 0.1) is 12.2 Å². The molecule has 1 aromatic carbocycles. The number of aryl methyl sites for hydroxylation is 1. The molecule has 1 amide bonds. The molecule has 1 aliphatic carbocycles. The van der Waals surface area contributed by atoms with Gasteiger partial charge in [-0.2, -0.15) is 0 Å². The van der Waals surface area contributed by atoms with E-state index in [0.29, 0.717) is 19.1 Å². The van der Waals surface area contributed by atoms with Crippen LogP contribution in [0.15, 0.2) is 23.6 Å². The summed E-state index contributed by atoms with van der Waals surface area (Å²) in [5, 5.41) is 3.00. The van der Waals surface area contributed by atoms with Gasteiger partial charge in [0, 0.05) is 17.3 Å². The largest absolute Gasteiger partial charge is 0.486 e. The van der Waals surface area contributed by atoms with Gasteiger partial charge in [0.1, 0.15) is 17.4 Å². The van der Waals surface area contributed by atoms with Crippen molar-refractivity contribution in [2.24, 2.45) is 5.92 Å². The number of nitrogens with zero attached hydrogens (tertiary/aromatic N) is 2. The lowest BCUT2D eigenvalue weighted by Gasteiger charge is -2.28. The Morgan fingerprint density at radius 2 is 2.04 bits per heavy atom. The second-order valence-electron chi connectivity index (χ2n) is 7.76. The lowest BCUT2D eigenvalue weighted by Crippen LogP contribution is -2.39. The summed E-state index contributed by atoms with van der Waals surface area (Å²) in [5.41, 5.74) is 3.35. The van der Waals surface area contributed by atoms with Gasteiger partial charge < -0.3 is 9.64 Å². The predicted octanol–water partition coefficient (Wildman–Crippen LogP) is 5.27. The van der Waals surface area contributed by atoms with Crippen LogP contribution < -0.4 is 4.74 Å². The van der Waals surface area contributed by atoms with Crippen molar-refractivity contribution in [2.45, 2.75) is 72.6 Å².